The highest BCUT2D eigenvalue weighted by Crippen LogP contribution is 2.45. The number of fused-ring (bicyclic) bond motifs is 5. The molecule has 0 amide bonds. The molecule has 1 aromatic carbocycles. The number of aromatic amines is 1. The number of rotatable bonds is 6. The zero-order chi connectivity index (χ0) is 24.8. The number of ketones is 1. The van der Waals surface area contributed by atoms with E-state index in [4.69, 9.17) is 4.43 Å². The van der Waals surface area contributed by atoms with Gasteiger partial charge in [-0.3, -0.25) is 9.69 Å². The molecule has 0 radical (unpaired) electrons. The predicted molar refractivity (Wildman–Crippen MR) is 145 cm³/mol. The van der Waals surface area contributed by atoms with Gasteiger partial charge in [0.1, 0.15) is 0 Å². The highest BCUT2D eigenvalue weighted by molar-refractivity contribution is 6.77. The number of hydrogen-bond acceptors (Lipinski definition) is 3. The Balaban J connectivity index is 1.77. The van der Waals surface area contributed by atoms with Crippen molar-refractivity contribution < 1.29 is 9.22 Å². The summed E-state index contributed by atoms with van der Waals surface area (Å²) >= 11 is 0. The van der Waals surface area contributed by atoms with Crippen LogP contribution >= 0.6 is 0 Å². The van der Waals surface area contributed by atoms with E-state index in [2.05, 4.69) is 89.7 Å². The van der Waals surface area contributed by atoms with Crippen molar-refractivity contribution in [2.75, 3.05) is 20.2 Å². The van der Waals surface area contributed by atoms with E-state index < -0.39 is 8.32 Å². The van der Waals surface area contributed by atoms with Crippen molar-refractivity contribution in [1.82, 2.24) is 9.88 Å². The number of benzene rings is 1. The minimum Gasteiger partial charge on any atom is -0.416 e. The maximum absolute atomic E-state index is 13.6. The van der Waals surface area contributed by atoms with Crippen LogP contribution in [0.25, 0.3) is 10.9 Å². The lowest BCUT2D eigenvalue weighted by molar-refractivity contribution is 0.0535. The van der Waals surface area contributed by atoms with Gasteiger partial charge in [-0.05, 0) is 54.6 Å². The van der Waals surface area contributed by atoms with Gasteiger partial charge in [-0.1, -0.05) is 71.4 Å². The molecule has 2 aliphatic rings. The number of piperidine rings is 1. The number of para-hydroxylation sites is 1. The van der Waals surface area contributed by atoms with Gasteiger partial charge in [-0.25, -0.2) is 0 Å². The van der Waals surface area contributed by atoms with Crippen LogP contribution in [-0.2, 0) is 10.8 Å². The number of hydrogen-bond donors (Lipinski definition) is 1. The molecule has 1 saturated heterocycles. The van der Waals surface area contributed by atoms with Gasteiger partial charge >= 0.3 is 0 Å². The molecule has 0 spiro atoms. The van der Waals surface area contributed by atoms with Crippen LogP contribution in [-0.4, -0.2) is 50.2 Å². The fourth-order valence-corrected chi connectivity index (χ4v) is 12.9. The molecule has 0 unspecified atom stereocenters. The van der Waals surface area contributed by atoms with Crippen LogP contribution < -0.4 is 0 Å². The van der Waals surface area contributed by atoms with Crippen molar-refractivity contribution in [1.29, 1.82) is 0 Å². The topological polar surface area (TPSA) is 45.3 Å². The SMILES string of the molecule is C/C=C1/CN(C)[C@H]2Cc3c([nH]c4ccccc34)C(=O)C[C@@H]1[C@@H]2CO[Si](C(C)C)(C(C)C)C(C)C. The van der Waals surface area contributed by atoms with E-state index in [-0.39, 0.29) is 11.7 Å². The maximum Gasteiger partial charge on any atom is 0.200 e. The molecule has 2 bridgehead atoms. The lowest BCUT2D eigenvalue weighted by atomic mass is 9.71. The number of carbonyl (C=O) groups is 1. The van der Waals surface area contributed by atoms with E-state index in [9.17, 15) is 4.79 Å². The van der Waals surface area contributed by atoms with Gasteiger partial charge in [0.2, 0.25) is 0 Å². The predicted octanol–water partition coefficient (Wildman–Crippen LogP) is 6.98. The van der Waals surface area contributed by atoms with Gasteiger partial charge < -0.3 is 9.41 Å². The summed E-state index contributed by atoms with van der Waals surface area (Å²) in [6, 6.07) is 8.74. The van der Waals surface area contributed by atoms with Crippen LogP contribution in [0.5, 0.6) is 0 Å². The molecule has 186 valence electrons. The zero-order valence-corrected chi connectivity index (χ0v) is 23.4. The Morgan fingerprint density at radius 2 is 1.74 bits per heavy atom. The molecular weight excluding hydrogens is 436 g/mol. The monoisotopic (exact) mass is 480 g/mol. The van der Waals surface area contributed by atoms with Crippen molar-refractivity contribution in [2.45, 2.75) is 84.0 Å². The van der Waals surface area contributed by atoms with Crippen LogP contribution in [0, 0.1) is 11.8 Å². The van der Waals surface area contributed by atoms with Crippen LogP contribution in [0.2, 0.25) is 16.6 Å². The third-order valence-corrected chi connectivity index (χ3v) is 15.1. The second kappa shape index (κ2) is 9.75. The summed E-state index contributed by atoms with van der Waals surface area (Å²) in [5.41, 5.74) is 6.17. The van der Waals surface area contributed by atoms with E-state index in [0.717, 1.165) is 30.8 Å². The Bertz CT molecular complexity index is 1050. The Kier molecular flexibility index (Phi) is 7.28. The van der Waals surface area contributed by atoms with Gasteiger partial charge in [0.15, 0.2) is 14.1 Å². The summed E-state index contributed by atoms with van der Waals surface area (Å²) in [5, 5.41) is 1.20. The Morgan fingerprint density at radius 1 is 1.09 bits per heavy atom. The number of H-pyrrole nitrogens is 1. The quantitative estimate of drug-likeness (QED) is 0.358. The Morgan fingerprint density at radius 3 is 2.35 bits per heavy atom. The molecule has 34 heavy (non-hydrogen) atoms. The molecule has 1 aliphatic carbocycles. The standard InChI is InChI=1S/C29H44N2O2Si/c1-9-21-16-31(8)27-14-24-22-12-10-11-13-26(22)30-29(24)28(32)15-23(21)25(27)17-33-34(18(2)3,19(4)5)20(6)7/h9-13,18-20,23,25,27,30H,14-17H2,1-8H3/b21-9-/t23-,25-,27-/m0/s1. The molecule has 4 nitrogen and oxygen atoms in total. The number of likely N-dealkylation sites (N-methyl/N-ethyl adjacent to an activating group) is 1. The fourth-order valence-electron chi connectivity index (χ4n) is 7.42. The number of Topliss-reactive ketones (excluding diaryl/α,β-unsaturated/α-hetero) is 1. The third-order valence-electron chi connectivity index (χ3n) is 9.00. The van der Waals surface area contributed by atoms with Crippen molar-refractivity contribution >= 4 is 25.0 Å². The van der Waals surface area contributed by atoms with E-state index in [1.54, 1.807) is 0 Å². The molecular formula is C29H44N2O2Si. The third kappa shape index (κ3) is 4.14. The number of carbonyl (C=O) groups excluding carboxylic acids is 1. The van der Waals surface area contributed by atoms with Crippen LogP contribution in [0.3, 0.4) is 0 Å². The van der Waals surface area contributed by atoms with E-state index >= 15 is 0 Å². The van der Waals surface area contributed by atoms with Crippen LogP contribution in [0.1, 0.15) is 70.9 Å². The first-order chi connectivity index (χ1) is 16.1. The summed E-state index contributed by atoms with van der Waals surface area (Å²) < 4.78 is 7.19. The number of allylic oxidation sites excluding steroid dienone is 1. The number of likely N-dealkylation sites (tertiary alicyclic amines) is 1. The first-order valence-corrected chi connectivity index (χ1v) is 15.4. The minimum atomic E-state index is -1.99. The lowest BCUT2D eigenvalue weighted by Gasteiger charge is -2.49. The molecule has 1 aromatic heterocycles. The van der Waals surface area contributed by atoms with Gasteiger partial charge in [-0.2, -0.15) is 0 Å². The van der Waals surface area contributed by atoms with Crippen LogP contribution in [0.4, 0.5) is 0 Å². The number of nitrogens with zero attached hydrogens (tertiary/aromatic N) is 1. The first kappa shape index (κ1) is 25.4. The average Bonchev–Trinajstić information content (AvgIpc) is 3.14. The van der Waals surface area contributed by atoms with E-state index in [0.29, 0.717) is 35.0 Å². The molecule has 3 atom stereocenters. The highest BCUT2D eigenvalue weighted by atomic mass is 28.4. The summed E-state index contributed by atoms with van der Waals surface area (Å²) in [6.07, 6.45) is 3.71. The second-order valence-corrected chi connectivity index (χ2v) is 17.1. The molecule has 1 aliphatic heterocycles. The molecule has 2 heterocycles. The summed E-state index contributed by atoms with van der Waals surface area (Å²) in [5.74, 6) is 0.818. The smallest absolute Gasteiger partial charge is 0.200 e. The number of nitrogens with one attached hydrogen (secondary N) is 1. The largest absolute Gasteiger partial charge is 0.416 e. The van der Waals surface area contributed by atoms with Gasteiger partial charge in [0.05, 0.1) is 5.69 Å². The summed E-state index contributed by atoms with van der Waals surface area (Å²) in [7, 11) is 0.266. The van der Waals surface area contributed by atoms with E-state index in [1.165, 1.54) is 16.5 Å². The van der Waals surface area contributed by atoms with E-state index in [1.807, 2.05) is 6.07 Å². The zero-order valence-electron chi connectivity index (χ0n) is 22.4. The van der Waals surface area contributed by atoms with Crippen molar-refractivity contribution in [3.05, 3.63) is 47.2 Å². The number of aromatic nitrogens is 1. The van der Waals surface area contributed by atoms with Gasteiger partial charge in [0, 0.05) is 42.4 Å². The average molecular weight is 481 g/mol. The van der Waals surface area contributed by atoms with Crippen LogP contribution in [0.15, 0.2) is 35.9 Å². The maximum atomic E-state index is 13.6. The minimum absolute atomic E-state index is 0.247. The first-order valence-electron chi connectivity index (χ1n) is 13.2. The summed E-state index contributed by atoms with van der Waals surface area (Å²) in [6.45, 7) is 18.0. The van der Waals surface area contributed by atoms with Gasteiger partial charge in [-0.15, -0.1) is 0 Å². The molecule has 5 heteroatoms. The molecule has 1 N–H and O–H groups in total. The molecule has 0 saturated carbocycles. The fraction of sp³-hybridized carbons (Fsp3) is 0.621. The Hall–Kier alpha value is -1.69. The second-order valence-electron chi connectivity index (χ2n) is 11.6. The van der Waals surface area contributed by atoms with Crippen molar-refractivity contribution in [2.24, 2.45) is 11.8 Å². The lowest BCUT2D eigenvalue weighted by Crippen LogP contribution is -2.55. The normalized spacial score (nSPS) is 25.4. The molecule has 2 aromatic rings. The molecule has 1 fully saturated rings. The Labute approximate surface area is 207 Å². The van der Waals surface area contributed by atoms with Crippen molar-refractivity contribution in [3.8, 4) is 0 Å². The highest BCUT2D eigenvalue weighted by Gasteiger charge is 2.48. The van der Waals surface area contributed by atoms with Gasteiger partial charge in [0.25, 0.3) is 0 Å². The summed E-state index contributed by atoms with van der Waals surface area (Å²) in [4.78, 5) is 19.6. The molecule has 4 rings (SSSR count). The van der Waals surface area contributed by atoms with Crippen molar-refractivity contribution in [3.63, 3.8) is 0 Å².